The van der Waals surface area contributed by atoms with E-state index in [1.54, 1.807) is 12.4 Å². The van der Waals surface area contributed by atoms with Crippen molar-refractivity contribution < 1.29 is 4.74 Å². The van der Waals surface area contributed by atoms with Gasteiger partial charge in [0.05, 0.1) is 5.60 Å². The minimum Gasteiger partial charge on any atom is -0.374 e. The zero-order valence-corrected chi connectivity index (χ0v) is 11.4. The molecule has 1 N–H and O–H groups in total. The summed E-state index contributed by atoms with van der Waals surface area (Å²) in [6, 6.07) is 2.39. The van der Waals surface area contributed by atoms with E-state index in [2.05, 4.69) is 21.4 Å². The lowest BCUT2D eigenvalue weighted by atomic mass is 9.90. The number of hydrogen-bond acceptors (Lipinski definition) is 6. The van der Waals surface area contributed by atoms with Crippen molar-refractivity contribution in [1.82, 2.24) is 9.97 Å². The van der Waals surface area contributed by atoms with E-state index < -0.39 is 0 Å². The lowest BCUT2D eigenvalue weighted by molar-refractivity contribution is -0.0628. The van der Waals surface area contributed by atoms with Crippen LogP contribution in [0.3, 0.4) is 0 Å². The molecule has 3 rings (SSSR count). The van der Waals surface area contributed by atoms with Gasteiger partial charge in [-0.25, -0.2) is 9.97 Å². The first-order valence-corrected chi connectivity index (χ1v) is 7.66. The molecule has 2 aliphatic heterocycles. The Morgan fingerprint density at radius 1 is 1.47 bits per heavy atom. The zero-order valence-electron chi connectivity index (χ0n) is 10.6. The number of rotatable bonds is 2. The molecule has 2 atom stereocenters. The van der Waals surface area contributed by atoms with Gasteiger partial charge in [0, 0.05) is 30.8 Å². The Bertz CT molecular complexity index is 496. The van der Waals surface area contributed by atoms with Crippen LogP contribution in [-0.4, -0.2) is 39.7 Å². The van der Waals surface area contributed by atoms with Crippen molar-refractivity contribution in [1.29, 1.82) is 5.26 Å². The van der Waals surface area contributed by atoms with Crippen LogP contribution in [-0.2, 0) is 4.74 Å². The van der Waals surface area contributed by atoms with Gasteiger partial charge in [0.15, 0.2) is 11.5 Å². The molecule has 0 aliphatic carbocycles. The summed E-state index contributed by atoms with van der Waals surface area (Å²) < 4.78 is 5.99. The molecule has 0 aromatic carbocycles. The minimum atomic E-state index is 0.0373. The molecule has 2 saturated heterocycles. The molecule has 2 aliphatic rings. The SMILES string of the molecule is N#Cc1nccnc1N[C@@H]1CCO[C@]2(CCSC2)C1. The molecular weight excluding hydrogens is 260 g/mol. The number of nitrogens with zero attached hydrogens (tertiary/aromatic N) is 3. The highest BCUT2D eigenvalue weighted by atomic mass is 32.2. The van der Waals surface area contributed by atoms with Crippen LogP contribution in [0, 0.1) is 11.3 Å². The second-order valence-corrected chi connectivity index (χ2v) is 6.14. The van der Waals surface area contributed by atoms with Gasteiger partial charge in [-0.05, 0) is 25.0 Å². The molecule has 1 spiro atoms. The van der Waals surface area contributed by atoms with Gasteiger partial charge in [-0.1, -0.05) is 0 Å². The largest absolute Gasteiger partial charge is 0.374 e. The normalized spacial score (nSPS) is 30.2. The minimum absolute atomic E-state index is 0.0373. The molecule has 0 bridgehead atoms. The Balaban J connectivity index is 1.71. The fourth-order valence-electron chi connectivity index (χ4n) is 2.73. The van der Waals surface area contributed by atoms with Crippen LogP contribution in [0.25, 0.3) is 0 Å². The van der Waals surface area contributed by atoms with Crippen LogP contribution in [0.2, 0.25) is 0 Å². The van der Waals surface area contributed by atoms with E-state index in [1.807, 2.05) is 11.8 Å². The first-order valence-electron chi connectivity index (χ1n) is 6.51. The average Bonchev–Trinajstić information content (AvgIpc) is 2.87. The Hall–Kier alpha value is -1.32. The third-order valence-electron chi connectivity index (χ3n) is 3.71. The lowest BCUT2D eigenvalue weighted by Gasteiger charge is -2.38. The molecular formula is C13H16N4OS. The van der Waals surface area contributed by atoms with Crippen molar-refractivity contribution in [3.05, 3.63) is 18.1 Å². The topological polar surface area (TPSA) is 70.8 Å². The van der Waals surface area contributed by atoms with Gasteiger partial charge in [0.1, 0.15) is 6.07 Å². The van der Waals surface area contributed by atoms with Crippen LogP contribution in [0.1, 0.15) is 25.0 Å². The summed E-state index contributed by atoms with van der Waals surface area (Å²) in [5.41, 5.74) is 0.402. The number of nitriles is 1. The van der Waals surface area contributed by atoms with Crippen molar-refractivity contribution in [2.75, 3.05) is 23.4 Å². The smallest absolute Gasteiger partial charge is 0.182 e. The summed E-state index contributed by atoms with van der Waals surface area (Å²) in [6.07, 6.45) is 6.23. The summed E-state index contributed by atoms with van der Waals surface area (Å²) in [4.78, 5) is 8.25. The average molecular weight is 276 g/mol. The summed E-state index contributed by atoms with van der Waals surface area (Å²) in [7, 11) is 0. The monoisotopic (exact) mass is 276 g/mol. The van der Waals surface area contributed by atoms with Crippen LogP contribution in [0.4, 0.5) is 5.82 Å². The molecule has 5 nitrogen and oxygen atoms in total. The highest BCUT2D eigenvalue weighted by molar-refractivity contribution is 7.99. The van der Waals surface area contributed by atoms with Crippen molar-refractivity contribution in [3.8, 4) is 6.07 Å². The van der Waals surface area contributed by atoms with Crippen molar-refractivity contribution in [2.45, 2.75) is 30.9 Å². The van der Waals surface area contributed by atoms with E-state index in [1.165, 1.54) is 5.75 Å². The molecule has 3 heterocycles. The lowest BCUT2D eigenvalue weighted by Crippen LogP contribution is -2.44. The number of anilines is 1. The highest BCUT2D eigenvalue weighted by Crippen LogP contribution is 2.38. The predicted molar refractivity (Wildman–Crippen MR) is 74.0 cm³/mol. The summed E-state index contributed by atoms with van der Waals surface area (Å²) in [6.45, 7) is 0.778. The fraction of sp³-hybridized carbons (Fsp3) is 0.615. The summed E-state index contributed by atoms with van der Waals surface area (Å²) in [5.74, 6) is 2.86. The molecule has 0 unspecified atom stereocenters. The number of hydrogen-bond donors (Lipinski definition) is 1. The first kappa shape index (κ1) is 12.7. The molecule has 19 heavy (non-hydrogen) atoms. The first-order chi connectivity index (χ1) is 9.31. The maximum Gasteiger partial charge on any atom is 0.182 e. The van der Waals surface area contributed by atoms with E-state index in [0.29, 0.717) is 17.6 Å². The van der Waals surface area contributed by atoms with Gasteiger partial charge in [0.25, 0.3) is 0 Å². The molecule has 6 heteroatoms. The van der Waals surface area contributed by atoms with Gasteiger partial charge in [-0.3, -0.25) is 0 Å². The van der Waals surface area contributed by atoms with Crippen molar-refractivity contribution >= 4 is 17.6 Å². The van der Waals surface area contributed by atoms with E-state index >= 15 is 0 Å². The summed E-state index contributed by atoms with van der Waals surface area (Å²) in [5, 5.41) is 12.4. The standard InChI is InChI=1S/C13H16N4OS/c14-8-11-12(16-4-3-15-11)17-10-1-5-18-13(7-10)2-6-19-9-13/h3-4,10H,1-2,5-7,9H2,(H,16,17)/t10-,13-/m1/s1. The molecule has 2 fully saturated rings. The molecule has 1 aromatic heterocycles. The quantitative estimate of drug-likeness (QED) is 0.888. The number of thioether (sulfide) groups is 1. The van der Waals surface area contributed by atoms with Gasteiger partial charge < -0.3 is 10.1 Å². The molecule has 0 saturated carbocycles. The van der Waals surface area contributed by atoms with E-state index in [9.17, 15) is 0 Å². The fourth-order valence-corrected chi connectivity index (χ4v) is 4.11. The number of aromatic nitrogens is 2. The van der Waals surface area contributed by atoms with Gasteiger partial charge in [-0.2, -0.15) is 17.0 Å². The number of nitrogens with one attached hydrogen (secondary N) is 1. The Labute approximate surface area is 116 Å². The van der Waals surface area contributed by atoms with Gasteiger partial charge in [0.2, 0.25) is 0 Å². The Morgan fingerprint density at radius 2 is 2.37 bits per heavy atom. The Kier molecular flexibility index (Phi) is 3.58. The zero-order chi connectivity index (χ0) is 13.1. The molecule has 0 amide bonds. The van der Waals surface area contributed by atoms with Gasteiger partial charge in [-0.15, -0.1) is 0 Å². The maximum atomic E-state index is 9.03. The second-order valence-electron chi connectivity index (χ2n) is 5.03. The number of ether oxygens (including phenoxy) is 1. The predicted octanol–water partition coefficient (Wildman–Crippen LogP) is 1.81. The highest BCUT2D eigenvalue weighted by Gasteiger charge is 2.40. The third-order valence-corrected chi connectivity index (χ3v) is 4.93. The molecule has 0 radical (unpaired) electrons. The van der Waals surface area contributed by atoms with Crippen LogP contribution in [0.5, 0.6) is 0 Å². The van der Waals surface area contributed by atoms with Crippen molar-refractivity contribution in [3.63, 3.8) is 0 Å². The van der Waals surface area contributed by atoms with E-state index in [-0.39, 0.29) is 5.60 Å². The van der Waals surface area contributed by atoms with Gasteiger partial charge >= 0.3 is 0 Å². The molecule has 1 aromatic rings. The van der Waals surface area contributed by atoms with Crippen molar-refractivity contribution in [2.24, 2.45) is 0 Å². The summed E-state index contributed by atoms with van der Waals surface area (Å²) >= 11 is 1.96. The second kappa shape index (κ2) is 5.35. The van der Waals surface area contributed by atoms with E-state index in [4.69, 9.17) is 10.00 Å². The van der Waals surface area contributed by atoms with Crippen LogP contribution >= 0.6 is 11.8 Å². The maximum absolute atomic E-state index is 9.03. The Morgan fingerprint density at radius 3 is 3.16 bits per heavy atom. The van der Waals surface area contributed by atoms with Crippen LogP contribution in [0.15, 0.2) is 12.4 Å². The molecule has 100 valence electrons. The van der Waals surface area contributed by atoms with E-state index in [0.717, 1.165) is 31.6 Å². The third kappa shape index (κ3) is 2.67. The van der Waals surface area contributed by atoms with Crippen LogP contribution < -0.4 is 5.32 Å².